The third-order valence-electron chi connectivity index (χ3n) is 11.0. The Morgan fingerprint density at radius 1 is 0.674 bits per heavy atom. The summed E-state index contributed by atoms with van der Waals surface area (Å²) in [6.45, 7) is 4.57. The van der Waals surface area contributed by atoms with Gasteiger partial charge in [-0.25, -0.2) is 4.99 Å². The number of allylic oxidation sites excluding steroid dienone is 2. The van der Waals surface area contributed by atoms with Gasteiger partial charge in [-0.2, -0.15) is 0 Å². The molecule has 46 heavy (non-hydrogen) atoms. The van der Waals surface area contributed by atoms with E-state index in [1.165, 1.54) is 101 Å². The van der Waals surface area contributed by atoms with Crippen LogP contribution in [0.15, 0.2) is 77.8 Å². The summed E-state index contributed by atoms with van der Waals surface area (Å²) in [5.41, 5.74) is 6.81. The van der Waals surface area contributed by atoms with Crippen LogP contribution in [0, 0.1) is 11.8 Å². The Morgan fingerprint density at radius 2 is 1.22 bits per heavy atom. The van der Waals surface area contributed by atoms with E-state index in [-0.39, 0.29) is 11.5 Å². The van der Waals surface area contributed by atoms with E-state index in [9.17, 15) is 9.90 Å². The summed E-state index contributed by atoms with van der Waals surface area (Å²) in [6.07, 6.45) is 21.8. The molecule has 0 spiro atoms. The van der Waals surface area contributed by atoms with Gasteiger partial charge in [0.15, 0.2) is 5.78 Å². The van der Waals surface area contributed by atoms with E-state index >= 15 is 0 Å². The van der Waals surface area contributed by atoms with Crippen molar-refractivity contribution >= 4 is 28.6 Å². The highest BCUT2D eigenvalue weighted by Gasteiger charge is 2.26. The maximum atomic E-state index is 13.2. The molecule has 0 bridgehead atoms. The topological polar surface area (TPSA) is 61.7 Å². The molecule has 0 heterocycles. The summed E-state index contributed by atoms with van der Waals surface area (Å²) in [6, 6.07) is 20.8. The van der Waals surface area contributed by atoms with Crippen LogP contribution in [-0.2, 0) is 0 Å². The summed E-state index contributed by atoms with van der Waals surface area (Å²) < 4.78 is 0. The standard InChI is InChI=1S/C42H52N2O2/c1-3-5-7-29-9-13-31(14-10-29)33-17-21-35(22-18-33)43-37-25-27-40(46)42-38(26-28-39(45)41(37)42)44-36-23-19-34(20-24-36)32-15-11-30(12-16-32)8-6-4-2/h17-32,43,46H,3-16H2,1-2H3. The van der Waals surface area contributed by atoms with E-state index in [4.69, 9.17) is 4.99 Å². The van der Waals surface area contributed by atoms with Crippen LogP contribution in [0.4, 0.5) is 17.1 Å². The first-order chi connectivity index (χ1) is 22.5. The van der Waals surface area contributed by atoms with Crippen molar-refractivity contribution in [1.82, 2.24) is 0 Å². The van der Waals surface area contributed by atoms with E-state index in [0.717, 1.165) is 23.2 Å². The molecule has 2 saturated carbocycles. The predicted octanol–water partition coefficient (Wildman–Crippen LogP) is 11.9. The summed E-state index contributed by atoms with van der Waals surface area (Å²) in [5.74, 6) is 3.01. The Labute approximate surface area is 276 Å². The molecule has 6 rings (SSSR count). The lowest BCUT2D eigenvalue weighted by molar-refractivity contribution is 0.104. The largest absolute Gasteiger partial charge is 0.507 e. The number of carbonyl (C=O) groups excluding carboxylic acids is 1. The molecule has 3 aromatic rings. The van der Waals surface area contributed by atoms with Gasteiger partial charge < -0.3 is 10.4 Å². The summed E-state index contributed by atoms with van der Waals surface area (Å²) in [5, 5.41) is 14.4. The van der Waals surface area contributed by atoms with Gasteiger partial charge in [0.05, 0.1) is 28.2 Å². The number of rotatable bonds is 11. The second kappa shape index (κ2) is 15.3. The molecule has 0 aromatic heterocycles. The van der Waals surface area contributed by atoms with Crippen molar-refractivity contribution in [1.29, 1.82) is 0 Å². The Balaban J connectivity index is 1.14. The Bertz CT molecular complexity index is 1520. The van der Waals surface area contributed by atoms with Crippen LogP contribution in [0.2, 0.25) is 0 Å². The fraction of sp³-hybridized carbons (Fsp3) is 0.476. The monoisotopic (exact) mass is 616 g/mol. The van der Waals surface area contributed by atoms with Gasteiger partial charge >= 0.3 is 0 Å². The Kier molecular flexibility index (Phi) is 10.7. The molecule has 4 heteroatoms. The molecule has 2 N–H and O–H groups in total. The number of aromatic hydroxyl groups is 1. The summed E-state index contributed by atoms with van der Waals surface area (Å²) in [4.78, 5) is 18.1. The zero-order chi connectivity index (χ0) is 31.9. The lowest BCUT2D eigenvalue weighted by atomic mass is 9.77. The number of carbonyl (C=O) groups is 1. The maximum Gasteiger partial charge on any atom is 0.188 e. The SMILES string of the molecule is CCCCC1CCC(c2ccc(N=C3C=CC(=O)c4c(Nc5ccc(C6CCC(CCCC)CC6)cc5)ccc(O)c43)cc2)CC1. The Morgan fingerprint density at radius 3 is 1.76 bits per heavy atom. The highest BCUT2D eigenvalue weighted by Crippen LogP contribution is 2.40. The number of nitrogens with zero attached hydrogens (tertiary/aromatic N) is 1. The molecule has 3 aliphatic carbocycles. The molecule has 0 aliphatic heterocycles. The molecule has 3 aliphatic rings. The van der Waals surface area contributed by atoms with Crippen molar-refractivity contribution in [2.24, 2.45) is 16.8 Å². The number of hydrogen-bond donors (Lipinski definition) is 2. The second-order valence-corrected chi connectivity index (χ2v) is 14.1. The number of ketones is 1. The van der Waals surface area contributed by atoms with E-state index in [1.807, 2.05) is 0 Å². The van der Waals surface area contributed by atoms with Crippen LogP contribution in [0.5, 0.6) is 5.75 Å². The molecule has 4 nitrogen and oxygen atoms in total. The van der Waals surface area contributed by atoms with E-state index in [1.54, 1.807) is 24.3 Å². The zero-order valence-corrected chi connectivity index (χ0v) is 27.9. The number of hydrogen-bond acceptors (Lipinski definition) is 4. The molecule has 3 aromatic carbocycles. The van der Waals surface area contributed by atoms with E-state index in [0.29, 0.717) is 34.4 Å². The second-order valence-electron chi connectivity index (χ2n) is 14.1. The van der Waals surface area contributed by atoms with E-state index < -0.39 is 0 Å². The van der Waals surface area contributed by atoms with Crippen molar-refractivity contribution in [3.63, 3.8) is 0 Å². The van der Waals surface area contributed by atoms with Crippen LogP contribution in [0.1, 0.15) is 143 Å². The van der Waals surface area contributed by atoms with Gasteiger partial charge in [-0.1, -0.05) is 76.6 Å². The molecule has 0 atom stereocenters. The van der Waals surface area contributed by atoms with Crippen LogP contribution >= 0.6 is 0 Å². The fourth-order valence-corrected chi connectivity index (χ4v) is 8.13. The molecule has 0 radical (unpaired) electrons. The van der Waals surface area contributed by atoms with Crippen molar-refractivity contribution in [2.75, 3.05) is 5.32 Å². The predicted molar refractivity (Wildman–Crippen MR) is 192 cm³/mol. The van der Waals surface area contributed by atoms with Crippen molar-refractivity contribution in [3.05, 3.63) is 95.1 Å². The minimum Gasteiger partial charge on any atom is -0.507 e. The van der Waals surface area contributed by atoms with Crippen LogP contribution < -0.4 is 5.32 Å². The first kappa shape index (κ1) is 32.3. The average molecular weight is 617 g/mol. The first-order valence-corrected chi connectivity index (χ1v) is 18.2. The maximum absolute atomic E-state index is 13.2. The van der Waals surface area contributed by atoms with Gasteiger partial charge in [0.1, 0.15) is 5.75 Å². The van der Waals surface area contributed by atoms with Gasteiger partial charge in [-0.3, -0.25) is 4.79 Å². The molecule has 242 valence electrons. The number of phenols is 1. The third kappa shape index (κ3) is 7.65. The van der Waals surface area contributed by atoms with Crippen LogP contribution in [-0.4, -0.2) is 16.6 Å². The molecule has 0 saturated heterocycles. The van der Waals surface area contributed by atoms with Gasteiger partial charge in [0.2, 0.25) is 0 Å². The van der Waals surface area contributed by atoms with Crippen molar-refractivity contribution < 1.29 is 9.90 Å². The lowest BCUT2D eigenvalue weighted by Crippen LogP contribution is -2.15. The van der Waals surface area contributed by atoms with Crippen molar-refractivity contribution in [3.8, 4) is 5.75 Å². The van der Waals surface area contributed by atoms with Gasteiger partial charge in [-0.15, -0.1) is 0 Å². The van der Waals surface area contributed by atoms with Crippen LogP contribution in [0.25, 0.3) is 0 Å². The quantitative estimate of drug-likeness (QED) is 0.211. The Hall–Kier alpha value is -3.66. The number of nitrogens with one attached hydrogen (secondary N) is 1. The lowest BCUT2D eigenvalue weighted by Gasteiger charge is -2.29. The molecular formula is C42H52N2O2. The fourth-order valence-electron chi connectivity index (χ4n) is 8.13. The minimum absolute atomic E-state index is 0.0679. The first-order valence-electron chi connectivity index (χ1n) is 18.2. The number of anilines is 2. The molecule has 0 amide bonds. The molecule has 0 unspecified atom stereocenters. The summed E-state index contributed by atoms with van der Waals surface area (Å²) >= 11 is 0. The highest BCUT2D eigenvalue weighted by molar-refractivity contribution is 6.27. The molecule has 2 fully saturated rings. The average Bonchev–Trinajstić information content (AvgIpc) is 3.10. The highest BCUT2D eigenvalue weighted by atomic mass is 16.3. The van der Waals surface area contributed by atoms with E-state index in [2.05, 4.69) is 67.7 Å². The number of phenolic OH excluding ortho intramolecular Hbond substituents is 1. The summed E-state index contributed by atoms with van der Waals surface area (Å²) in [7, 11) is 0. The smallest absolute Gasteiger partial charge is 0.188 e. The minimum atomic E-state index is -0.131. The van der Waals surface area contributed by atoms with Gasteiger partial charge in [0.25, 0.3) is 0 Å². The third-order valence-corrected chi connectivity index (χ3v) is 11.0. The van der Waals surface area contributed by atoms with Gasteiger partial charge in [-0.05, 0) is 135 Å². The zero-order valence-electron chi connectivity index (χ0n) is 27.9. The normalized spacial score (nSPS) is 23.8. The van der Waals surface area contributed by atoms with Gasteiger partial charge in [0, 0.05) is 5.69 Å². The number of aliphatic imine (C=N–C) groups is 1. The molecular weight excluding hydrogens is 564 g/mol. The number of benzene rings is 3. The van der Waals surface area contributed by atoms with Crippen molar-refractivity contribution in [2.45, 2.75) is 116 Å². The van der Waals surface area contributed by atoms with Crippen LogP contribution in [0.3, 0.4) is 0 Å². The number of fused-ring (bicyclic) bond motifs is 1. The number of unbranched alkanes of at least 4 members (excludes halogenated alkanes) is 2.